The van der Waals surface area contributed by atoms with E-state index in [1.54, 1.807) is 14.1 Å². The van der Waals surface area contributed by atoms with Crippen LogP contribution in [0.4, 0.5) is 15.8 Å². The van der Waals surface area contributed by atoms with Crippen molar-refractivity contribution >= 4 is 11.4 Å². The van der Waals surface area contributed by atoms with Gasteiger partial charge in [-0.05, 0) is 18.2 Å². The van der Waals surface area contributed by atoms with Gasteiger partial charge in [0.15, 0.2) is 0 Å². The van der Waals surface area contributed by atoms with Gasteiger partial charge in [-0.15, -0.1) is 0 Å². The van der Waals surface area contributed by atoms with E-state index in [4.69, 9.17) is 0 Å². The lowest BCUT2D eigenvalue weighted by Crippen LogP contribution is -1.93. The molecule has 0 aromatic heterocycles. The van der Waals surface area contributed by atoms with Crippen molar-refractivity contribution in [2.75, 3.05) is 24.7 Å². The Morgan fingerprint density at radius 3 is 1.82 bits per heavy atom. The molecule has 2 N–H and O–H groups in total. The van der Waals surface area contributed by atoms with Crippen LogP contribution in [0, 0.1) is 5.82 Å². The van der Waals surface area contributed by atoms with Crippen molar-refractivity contribution in [3.63, 3.8) is 0 Å². The van der Waals surface area contributed by atoms with Crippen molar-refractivity contribution in [1.82, 2.24) is 0 Å². The first-order valence-corrected chi connectivity index (χ1v) is 3.42. The standard InChI is InChI=1S/C8H11FN2/c1-10-7-3-6(9)4-8(5-7)11-2/h3-5,10-11H,1-2H3. The Bertz CT molecular complexity index is 226. The maximum Gasteiger partial charge on any atom is 0.127 e. The Kier molecular flexibility index (Phi) is 2.31. The van der Waals surface area contributed by atoms with Crippen LogP contribution in [-0.2, 0) is 0 Å². The topological polar surface area (TPSA) is 24.1 Å². The molecule has 0 spiro atoms. The van der Waals surface area contributed by atoms with Crippen LogP contribution in [0.1, 0.15) is 0 Å². The molecule has 0 saturated carbocycles. The van der Waals surface area contributed by atoms with Gasteiger partial charge in [0.25, 0.3) is 0 Å². The smallest absolute Gasteiger partial charge is 0.127 e. The van der Waals surface area contributed by atoms with Gasteiger partial charge in [0, 0.05) is 25.5 Å². The van der Waals surface area contributed by atoms with Gasteiger partial charge in [-0.1, -0.05) is 0 Å². The fraction of sp³-hybridized carbons (Fsp3) is 0.250. The van der Waals surface area contributed by atoms with Gasteiger partial charge >= 0.3 is 0 Å². The molecule has 0 aliphatic carbocycles. The number of benzene rings is 1. The van der Waals surface area contributed by atoms with Gasteiger partial charge in [0.05, 0.1) is 0 Å². The molecule has 11 heavy (non-hydrogen) atoms. The molecule has 0 radical (unpaired) electrons. The predicted octanol–water partition coefficient (Wildman–Crippen LogP) is 1.91. The molecule has 60 valence electrons. The van der Waals surface area contributed by atoms with E-state index in [9.17, 15) is 4.39 Å². The summed E-state index contributed by atoms with van der Waals surface area (Å²) < 4.78 is 12.7. The summed E-state index contributed by atoms with van der Waals surface area (Å²) in [5.41, 5.74) is 1.55. The molecule has 0 bridgehead atoms. The highest BCUT2D eigenvalue weighted by Crippen LogP contribution is 2.16. The highest BCUT2D eigenvalue weighted by atomic mass is 19.1. The second kappa shape index (κ2) is 3.23. The van der Waals surface area contributed by atoms with Crippen LogP contribution in [0.25, 0.3) is 0 Å². The summed E-state index contributed by atoms with van der Waals surface area (Å²) in [4.78, 5) is 0. The summed E-state index contributed by atoms with van der Waals surface area (Å²) >= 11 is 0. The monoisotopic (exact) mass is 154 g/mol. The minimum absolute atomic E-state index is 0.235. The van der Waals surface area contributed by atoms with Crippen molar-refractivity contribution in [3.05, 3.63) is 24.0 Å². The van der Waals surface area contributed by atoms with Crippen LogP contribution >= 0.6 is 0 Å². The number of rotatable bonds is 2. The van der Waals surface area contributed by atoms with Gasteiger partial charge < -0.3 is 10.6 Å². The molecule has 0 heterocycles. The summed E-state index contributed by atoms with van der Waals surface area (Å²) in [6, 6.07) is 4.73. The summed E-state index contributed by atoms with van der Waals surface area (Å²) in [5.74, 6) is -0.235. The van der Waals surface area contributed by atoms with E-state index in [0.717, 1.165) is 11.4 Å². The summed E-state index contributed by atoms with van der Waals surface area (Å²) in [5, 5.41) is 5.72. The molecule has 0 atom stereocenters. The molecule has 0 saturated heterocycles. The summed E-state index contributed by atoms with van der Waals surface area (Å²) in [6.45, 7) is 0. The third-order valence-electron chi connectivity index (χ3n) is 1.48. The zero-order valence-corrected chi connectivity index (χ0v) is 6.61. The van der Waals surface area contributed by atoms with Crippen LogP contribution in [0.2, 0.25) is 0 Å². The van der Waals surface area contributed by atoms with Crippen molar-refractivity contribution in [2.24, 2.45) is 0 Å². The Morgan fingerprint density at radius 1 is 1.00 bits per heavy atom. The van der Waals surface area contributed by atoms with E-state index in [-0.39, 0.29) is 5.82 Å². The third kappa shape index (κ3) is 1.83. The van der Waals surface area contributed by atoms with Gasteiger partial charge in [-0.2, -0.15) is 0 Å². The molecule has 0 fully saturated rings. The van der Waals surface area contributed by atoms with E-state index in [0.29, 0.717) is 0 Å². The number of nitrogens with one attached hydrogen (secondary N) is 2. The molecule has 0 unspecified atom stereocenters. The van der Waals surface area contributed by atoms with Crippen molar-refractivity contribution in [1.29, 1.82) is 0 Å². The minimum Gasteiger partial charge on any atom is -0.388 e. The second-order valence-electron chi connectivity index (χ2n) is 2.23. The third-order valence-corrected chi connectivity index (χ3v) is 1.48. The summed E-state index contributed by atoms with van der Waals surface area (Å²) in [7, 11) is 3.52. The number of hydrogen-bond donors (Lipinski definition) is 2. The van der Waals surface area contributed by atoms with Crippen LogP contribution in [0.15, 0.2) is 18.2 Å². The molecule has 1 aromatic carbocycles. The van der Waals surface area contributed by atoms with E-state index in [1.807, 2.05) is 6.07 Å². The lowest BCUT2D eigenvalue weighted by atomic mass is 10.2. The van der Waals surface area contributed by atoms with Gasteiger partial charge in [0.1, 0.15) is 5.82 Å². The average Bonchev–Trinajstić information content (AvgIpc) is 2.03. The normalized spacial score (nSPS) is 9.36. The predicted molar refractivity (Wildman–Crippen MR) is 45.5 cm³/mol. The number of hydrogen-bond acceptors (Lipinski definition) is 2. The Morgan fingerprint density at radius 2 is 1.45 bits per heavy atom. The zero-order chi connectivity index (χ0) is 8.27. The minimum atomic E-state index is -0.235. The zero-order valence-electron chi connectivity index (χ0n) is 6.61. The van der Waals surface area contributed by atoms with Gasteiger partial charge in [-0.3, -0.25) is 0 Å². The maximum absolute atomic E-state index is 12.7. The average molecular weight is 154 g/mol. The van der Waals surface area contributed by atoms with Crippen molar-refractivity contribution in [2.45, 2.75) is 0 Å². The van der Waals surface area contributed by atoms with Gasteiger partial charge in [0.2, 0.25) is 0 Å². The molecule has 0 aliphatic rings. The molecule has 1 aromatic rings. The molecule has 0 amide bonds. The maximum atomic E-state index is 12.7. The van der Waals surface area contributed by atoms with Crippen LogP contribution < -0.4 is 10.6 Å². The second-order valence-corrected chi connectivity index (χ2v) is 2.23. The first kappa shape index (κ1) is 7.85. The first-order valence-electron chi connectivity index (χ1n) is 3.42. The van der Waals surface area contributed by atoms with Crippen molar-refractivity contribution in [3.8, 4) is 0 Å². The molecule has 2 nitrogen and oxygen atoms in total. The highest BCUT2D eigenvalue weighted by molar-refractivity contribution is 5.56. The molecule has 0 aliphatic heterocycles. The summed E-state index contributed by atoms with van der Waals surface area (Å²) in [6.07, 6.45) is 0. The first-order chi connectivity index (χ1) is 5.26. The Labute approximate surface area is 65.4 Å². The fourth-order valence-corrected chi connectivity index (χ4v) is 0.878. The molecular formula is C8H11FN2. The van der Waals surface area contributed by atoms with E-state index < -0.39 is 0 Å². The van der Waals surface area contributed by atoms with Crippen molar-refractivity contribution < 1.29 is 4.39 Å². The highest BCUT2D eigenvalue weighted by Gasteiger charge is 1.96. The van der Waals surface area contributed by atoms with E-state index in [1.165, 1.54) is 12.1 Å². The van der Waals surface area contributed by atoms with E-state index >= 15 is 0 Å². The number of anilines is 2. The number of halogens is 1. The van der Waals surface area contributed by atoms with Gasteiger partial charge in [-0.25, -0.2) is 4.39 Å². The Balaban J connectivity index is 3.02. The molecule has 1 rings (SSSR count). The Hall–Kier alpha value is -1.25. The van der Waals surface area contributed by atoms with Crippen LogP contribution in [-0.4, -0.2) is 14.1 Å². The molecular weight excluding hydrogens is 143 g/mol. The van der Waals surface area contributed by atoms with E-state index in [2.05, 4.69) is 10.6 Å². The molecule has 3 heteroatoms. The SMILES string of the molecule is CNc1cc(F)cc(NC)c1. The van der Waals surface area contributed by atoms with Crippen LogP contribution in [0.5, 0.6) is 0 Å². The largest absolute Gasteiger partial charge is 0.388 e. The quantitative estimate of drug-likeness (QED) is 0.680. The lowest BCUT2D eigenvalue weighted by Gasteiger charge is -2.03. The van der Waals surface area contributed by atoms with Crippen LogP contribution in [0.3, 0.4) is 0 Å². The lowest BCUT2D eigenvalue weighted by molar-refractivity contribution is 0.629. The fourth-order valence-electron chi connectivity index (χ4n) is 0.878.